The van der Waals surface area contributed by atoms with E-state index in [1.54, 1.807) is 18.6 Å². The molecule has 0 amide bonds. The van der Waals surface area contributed by atoms with Crippen LogP contribution in [0, 0.1) is 0 Å². The van der Waals surface area contributed by atoms with Crippen LogP contribution in [-0.4, -0.2) is 61.0 Å². The Hall–Kier alpha value is -4.24. The molecule has 0 radical (unpaired) electrons. The Kier molecular flexibility index (Phi) is 5.59. The predicted octanol–water partition coefficient (Wildman–Crippen LogP) is 3.87. The number of morpholine rings is 1. The SMILES string of the molecule is CCn1c(-c2ccncc2)nc2c(N3CCOCC3)nc(-c3nnccc3-c3ccccc3)nc21. The fourth-order valence-corrected chi connectivity index (χ4v) is 4.46. The topological polar surface area (TPSA) is 94.7 Å². The van der Waals surface area contributed by atoms with E-state index in [0.29, 0.717) is 31.3 Å². The lowest BCUT2D eigenvalue weighted by Gasteiger charge is -2.28. The van der Waals surface area contributed by atoms with E-state index < -0.39 is 0 Å². The zero-order valence-corrected chi connectivity index (χ0v) is 19.4. The van der Waals surface area contributed by atoms with Gasteiger partial charge in [0.15, 0.2) is 22.8 Å². The summed E-state index contributed by atoms with van der Waals surface area (Å²) in [5.74, 6) is 2.16. The normalized spacial score (nSPS) is 13.9. The molecule has 5 heterocycles. The van der Waals surface area contributed by atoms with E-state index in [9.17, 15) is 0 Å². The third-order valence-electron chi connectivity index (χ3n) is 6.16. The van der Waals surface area contributed by atoms with E-state index in [0.717, 1.165) is 52.6 Å². The van der Waals surface area contributed by atoms with Crippen LogP contribution in [-0.2, 0) is 11.3 Å². The zero-order chi connectivity index (χ0) is 23.6. The fourth-order valence-electron chi connectivity index (χ4n) is 4.46. The number of imidazole rings is 1. The van der Waals surface area contributed by atoms with Crippen molar-refractivity contribution in [3.05, 3.63) is 67.1 Å². The average molecular weight is 465 g/mol. The lowest BCUT2D eigenvalue weighted by Crippen LogP contribution is -2.37. The van der Waals surface area contributed by atoms with Gasteiger partial charge in [0.2, 0.25) is 0 Å². The molecule has 35 heavy (non-hydrogen) atoms. The second-order valence-electron chi connectivity index (χ2n) is 8.22. The first kappa shape index (κ1) is 21.3. The molecule has 5 aromatic rings. The molecule has 1 fully saturated rings. The maximum Gasteiger partial charge on any atom is 0.184 e. The highest BCUT2D eigenvalue weighted by Crippen LogP contribution is 2.34. The molecule has 1 aliphatic rings. The lowest BCUT2D eigenvalue weighted by atomic mass is 10.0. The summed E-state index contributed by atoms with van der Waals surface area (Å²) in [4.78, 5) is 21.5. The summed E-state index contributed by atoms with van der Waals surface area (Å²) in [6.07, 6.45) is 5.26. The van der Waals surface area contributed by atoms with Gasteiger partial charge in [0.05, 0.1) is 19.4 Å². The van der Waals surface area contributed by atoms with Gasteiger partial charge in [0.1, 0.15) is 11.5 Å². The summed E-state index contributed by atoms with van der Waals surface area (Å²) < 4.78 is 7.73. The number of aromatic nitrogens is 7. The molecule has 0 atom stereocenters. The van der Waals surface area contributed by atoms with Crippen LogP contribution in [0.4, 0.5) is 5.82 Å². The summed E-state index contributed by atoms with van der Waals surface area (Å²) in [6.45, 7) is 5.57. The van der Waals surface area contributed by atoms with E-state index in [1.807, 2.05) is 36.4 Å². The molecule has 6 rings (SSSR count). The molecule has 1 aromatic carbocycles. The molecule has 0 spiro atoms. The largest absolute Gasteiger partial charge is 0.378 e. The minimum atomic E-state index is 0.529. The molecular formula is C26H24N8O. The van der Waals surface area contributed by atoms with Crippen molar-refractivity contribution in [2.45, 2.75) is 13.5 Å². The van der Waals surface area contributed by atoms with Crippen molar-refractivity contribution in [1.82, 2.24) is 34.7 Å². The molecule has 4 aromatic heterocycles. The molecule has 0 N–H and O–H groups in total. The minimum absolute atomic E-state index is 0.529. The van der Waals surface area contributed by atoms with E-state index in [4.69, 9.17) is 19.7 Å². The number of fused-ring (bicyclic) bond motifs is 1. The first-order chi connectivity index (χ1) is 17.3. The molecule has 0 aliphatic carbocycles. The standard InChI is InChI=1S/C26H24N8O/c1-2-34-24(19-8-11-27-12-9-19)29-22-25(33-14-16-35-17-15-33)30-23(31-26(22)34)21-20(10-13-28-32-21)18-6-4-3-5-7-18/h3-13H,2,14-17H2,1H3. The highest BCUT2D eigenvalue weighted by molar-refractivity contribution is 5.90. The van der Waals surface area contributed by atoms with Crippen molar-refractivity contribution >= 4 is 17.0 Å². The molecule has 9 heteroatoms. The maximum absolute atomic E-state index is 5.60. The Morgan fingerprint density at radius 3 is 2.43 bits per heavy atom. The summed E-state index contributed by atoms with van der Waals surface area (Å²) in [6, 6.07) is 16.0. The number of aryl methyl sites for hydroxylation is 1. The molecule has 0 unspecified atom stereocenters. The quantitative estimate of drug-likeness (QED) is 0.387. The van der Waals surface area contributed by atoms with Crippen LogP contribution >= 0.6 is 0 Å². The van der Waals surface area contributed by atoms with Crippen molar-refractivity contribution in [2.24, 2.45) is 0 Å². The van der Waals surface area contributed by atoms with Gasteiger partial charge in [0, 0.05) is 43.2 Å². The van der Waals surface area contributed by atoms with Crippen LogP contribution in [0.25, 0.3) is 45.2 Å². The van der Waals surface area contributed by atoms with Gasteiger partial charge >= 0.3 is 0 Å². The predicted molar refractivity (Wildman–Crippen MR) is 134 cm³/mol. The molecule has 174 valence electrons. The van der Waals surface area contributed by atoms with Crippen molar-refractivity contribution in [2.75, 3.05) is 31.2 Å². The van der Waals surface area contributed by atoms with Crippen molar-refractivity contribution < 1.29 is 4.74 Å². The Labute approximate surface area is 202 Å². The van der Waals surface area contributed by atoms with Gasteiger partial charge in [-0.15, -0.1) is 5.10 Å². The number of anilines is 1. The number of nitrogens with zero attached hydrogens (tertiary/aromatic N) is 8. The van der Waals surface area contributed by atoms with Gasteiger partial charge in [0.25, 0.3) is 0 Å². The Morgan fingerprint density at radius 2 is 1.66 bits per heavy atom. The van der Waals surface area contributed by atoms with Gasteiger partial charge in [-0.25, -0.2) is 15.0 Å². The number of hydrogen-bond donors (Lipinski definition) is 0. The molecule has 1 saturated heterocycles. The van der Waals surface area contributed by atoms with Crippen molar-refractivity contribution in [3.63, 3.8) is 0 Å². The van der Waals surface area contributed by atoms with Crippen molar-refractivity contribution in [1.29, 1.82) is 0 Å². The fraction of sp³-hybridized carbons (Fsp3) is 0.231. The van der Waals surface area contributed by atoms with Crippen molar-refractivity contribution in [3.8, 4) is 34.0 Å². The Bertz CT molecular complexity index is 1460. The first-order valence-electron chi connectivity index (χ1n) is 11.7. The summed E-state index contributed by atoms with van der Waals surface area (Å²) in [7, 11) is 0. The highest BCUT2D eigenvalue weighted by atomic mass is 16.5. The van der Waals surface area contributed by atoms with E-state index in [2.05, 4.69) is 43.7 Å². The number of rotatable bonds is 5. The number of benzene rings is 1. The molecular weight excluding hydrogens is 440 g/mol. The van der Waals surface area contributed by atoms with Gasteiger partial charge in [-0.1, -0.05) is 30.3 Å². The monoisotopic (exact) mass is 464 g/mol. The number of hydrogen-bond acceptors (Lipinski definition) is 8. The van der Waals surface area contributed by atoms with Crippen LogP contribution in [0.15, 0.2) is 67.1 Å². The smallest absolute Gasteiger partial charge is 0.184 e. The molecule has 0 saturated carbocycles. The van der Waals surface area contributed by atoms with Crippen LogP contribution < -0.4 is 4.90 Å². The summed E-state index contributed by atoms with van der Waals surface area (Å²) >= 11 is 0. The molecule has 9 nitrogen and oxygen atoms in total. The second kappa shape index (κ2) is 9.19. The van der Waals surface area contributed by atoms with E-state index in [-0.39, 0.29) is 0 Å². The Balaban J connectivity index is 1.61. The van der Waals surface area contributed by atoms with Crippen LogP contribution in [0.1, 0.15) is 6.92 Å². The first-order valence-corrected chi connectivity index (χ1v) is 11.7. The minimum Gasteiger partial charge on any atom is -0.378 e. The van der Waals surface area contributed by atoms with Gasteiger partial charge < -0.3 is 14.2 Å². The van der Waals surface area contributed by atoms with Gasteiger partial charge in [-0.3, -0.25) is 4.98 Å². The van der Waals surface area contributed by atoms with E-state index in [1.165, 1.54) is 0 Å². The molecule has 0 bridgehead atoms. The number of ether oxygens (including phenoxy) is 1. The highest BCUT2D eigenvalue weighted by Gasteiger charge is 2.25. The summed E-state index contributed by atoms with van der Waals surface area (Å²) in [5.41, 5.74) is 5.15. The lowest BCUT2D eigenvalue weighted by molar-refractivity contribution is 0.122. The van der Waals surface area contributed by atoms with Crippen LogP contribution in [0.2, 0.25) is 0 Å². The third kappa shape index (κ3) is 3.89. The molecule has 1 aliphatic heterocycles. The maximum atomic E-state index is 5.60. The Morgan fingerprint density at radius 1 is 0.857 bits per heavy atom. The van der Waals surface area contributed by atoms with Gasteiger partial charge in [-0.2, -0.15) is 5.10 Å². The van der Waals surface area contributed by atoms with Crippen LogP contribution in [0.5, 0.6) is 0 Å². The van der Waals surface area contributed by atoms with Crippen LogP contribution in [0.3, 0.4) is 0 Å². The summed E-state index contributed by atoms with van der Waals surface area (Å²) in [5, 5.41) is 8.65. The number of pyridine rings is 1. The van der Waals surface area contributed by atoms with Gasteiger partial charge in [-0.05, 0) is 30.7 Å². The van der Waals surface area contributed by atoms with E-state index >= 15 is 0 Å². The zero-order valence-electron chi connectivity index (χ0n) is 19.4. The third-order valence-corrected chi connectivity index (χ3v) is 6.16. The second-order valence-corrected chi connectivity index (χ2v) is 8.22. The average Bonchev–Trinajstić information content (AvgIpc) is 3.32.